The van der Waals surface area contributed by atoms with Gasteiger partial charge < -0.3 is 20.7 Å². The fraction of sp³-hybridized carbons (Fsp3) is 0.350. The van der Waals surface area contributed by atoms with Crippen LogP contribution in [0.1, 0.15) is 23.2 Å². The molecule has 0 unspecified atom stereocenters. The molecule has 2 aromatic carbocycles. The van der Waals surface area contributed by atoms with Gasteiger partial charge in [0.2, 0.25) is 0 Å². The third-order valence-electron chi connectivity index (χ3n) is 4.65. The highest BCUT2D eigenvalue weighted by atomic mass is 35.5. The van der Waals surface area contributed by atoms with Crippen molar-refractivity contribution in [2.24, 2.45) is 0 Å². The number of ether oxygens (including phenoxy) is 1. The number of hydrogen-bond acceptors (Lipinski definition) is 4. The van der Waals surface area contributed by atoms with E-state index in [2.05, 4.69) is 10.2 Å². The van der Waals surface area contributed by atoms with E-state index in [0.29, 0.717) is 27.8 Å². The number of anilines is 1. The number of hydrogen-bond donors (Lipinski definition) is 2. The number of nitrogens with zero attached hydrogens (tertiary/aromatic N) is 1. The Labute approximate surface area is 193 Å². The Balaban J connectivity index is 0.00000210. The molecule has 0 radical (unpaired) electrons. The van der Waals surface area contributed by atoms with Crippen molar-refractivity contribution in [1.29, 1.82) is 0 Å². The molecule has 0 bridgehead atoms. The van der Waals surface area contributed by atoms with E-state index in [0.717, 1.165) is 38.2 Å². The number of benzene rings is 2. The molecule has 1 heterocycles. The minimum Gasteiger partial charge on any atom is -0.490 e. The first kappa shape index (κ1) is 25.7. The van der Waals surface area contributed by atoms with Gasteiger partial charge in [-0.1, -0.05) is 35.3 Å². The van der Waals surface area contributed by atoms with Crippen LogP contribution in [-0.2, 0) is 0 Å². The highest BCUT2D eigenvalue weighted by Gasteiger charge is 2.20. The molecule has 0 aromatic heterocycles. The lowest BCUT2D eigenvalue weighted by molar-refractivity contribution is 0.0906. The minimum absolute atomic E-state index is 0. The van der Waals surface area contributed by atoms with Gasteiger partial charge in [0.15, 0.2) is 0 Å². The first-order valence-electron chi connectivity index (χ1n) is 8.99. The van der Waals surface area contributed by atoms with Gasteiger partial charge in [-0.3, -0.25) is 4.79 Å². The maximum atomic E-state index is 12.2. The van der Waals surface area contributed by atoms with Crippen molar-refractivity contribution in [1.82, 2.24) is 10.2 Å². The Morgan fingerprint density at radius 3 is 2.45 bits per heavy atom. The van der Waals surface area contributed by atoms with Crippen LogP contribution in [0, 0.1) is 0 Å². The van der Waals surface area contributed by atoms with Crippen LogP contribution in [0.3, 0.4) is 0 Å². The predicted octanol–water partition coefficient (Wildman–Crippen LogP) is 4.69. The summed E-state index contributed by atoms with van der Waals surface area (Å²) < 4.78 is 6.00. The van der Waals surface area contributed by atoms with Gasteiger partial charge in [0.1, 0.15) is 11.9 Å². The molecule has 0 atom stereocenters. The Bertz CT molecular complexity index is 799. The predicted molar refractivity (Wildman–Crippen MR) is 124 cm³/mol. The molecule has 1 fully saturated rings. The number of nitrogens with two attached hydrogens (primary N) is 1. The summed E-state index contributed by atoms with van der Waals surface area (Å²) in [7, 11) is 0. The van der Waals surface area contributed by atoms with E-state index in [1.807, 2.05) is 18.2 Å². The van der Waals surface area contributed by atoms with Crippen molar-refractivity contribution in [2.75, 3.05) is 31.9 Å². The molecule has 1 amide bonds. The van der Waals surface area contributed by atoms with Crippen molar-refractivity contribution in [3.63, 3.8) is 0 Å². The fourth-order valence-electron chi connectivity index (χ4n) is 3.12. The Morgan fingerprint density at radius 2 is 1.79 bits per heavy atom. The first-order chi connectivity index (χ1) is 13.0. The molecule has 160 valence electrons. The Hall–Kier alpha value is -1.37. The van der Waals surface area contributed by atoms with Crippen molar-refractivity contribution in [2.45, 2.75) is 18.9 Å². The molecule has 5 nitrogen and oxygen atoms in total. The Morgan fingerprint density at radius 1 is 1.10 bits per heavy atom. The van der Waals surface area contributed by atoms with Crippen LogP contribution in [-0.4, -0.2) is 43.1 Å². The minimum atomic E-state index is -0.133. The number of amides is 1. The molecule has 3 N–H and O–H groups in total. The summed E-state index contributed by atoms with van der Waals surface area (Å²) in [5, 5.41) is 3.96. The van der Waals surface area contributed by atoms with E-state index >= 15 is 0 Å². The number of piperidine rings is 1. The van der Waals surface area contributed by atoms with Gasteiger partial charge in [-0.25, -0.2) is 0 Å². The largest absolute Gasteiger partial charge is 0.490 e. The molecule has 2 aromatic rings. The number of carbonyl (C=O) groups excluding carboxylic acids is 1. The van der Waals surface area contributed by atoms with Gasteiger partial charge in [-0.15, -0.1) is 24.8 Å². The van der Waals surface area contributed by atoms with Crippen LogP contribution in [0.4, 0.5) is 5.69 Å². The summed E-state index contributed by atoms with van der Waals surface area (Å²) in [5.41, 5.74) is 6.85. The third-order valence-corrected chi connectivity index (χ3v) is 5.39. The third kappa shape index (κ3) is 7.43. The van der Waals surface area contributed by atoms with Gasteiger partial charge in [0.05, 0.1) is 15.6 Å². The van der Waals surface area contributed by atoms with Gasteiger partial charge in [-0.05, 0) is 37.1 Å². The first-order valence-corrected chi connectivity index (χ1v) is 9.75. The summed E-state index contributed by atoms with van der Waals surface area (Å²) in [5.74, 6) is 0.612. The molecule has 1 saturated heterocycles. The summed E-state index contributed by atoms with van der Waals surface area (Å²) >= 11 is 12.0. The average molecular weight is 481 g/mol. The lowest BCUT2D eigenvalue weighted by Gasteiger charge is -2.32. The molecular formula is C20H25Cl4N3O2. The monoisotopic (exact) mass is 479 g/mol. The average Bonchev–Trinajstić information content (AvgIpc) is 2.66. The van der Waals surface area contributed by atoms with Crippen molar-refractivity contribution in [3.8, 4) is 5.75 Å². The molecular weight excluding hydrogens is 456 g/mol. The second kappa shape index (κ2) is 12.4. The molecule has 1 aliphatic heterocycles. The van der Waals surface area contributed by atoms with Crippen LogP contribution < -0.4 is 15.8 Å². The standard InChI is InChI=1S/C20H23Cl2N3O2.2ClH/c21-17-6-5-15(13-18(17)22)27-14-7-10-25(11-8-14)12-9-24-20(26)16-3-1-2-4-19(16)23;;/h1-6,13-14H,7-12,23H2,(H,24,26);2*1H. The van der Waals surface area contributed by atoms with Gasteiger partial charge in [-0.2, -0.15) is 0 Å². The van der Waals surface area contributed by atoms with Gasteiger partial charge in [0, 0.05) is 37.9 Å². The Kier molecular flexibility index (Phi) is 10.9. The van der Waals surface area contributed by atoms with E-state index in [1.54, 1.807) is 24.3 Å². The highest BCUT2D eigenvalue weighted by Crippen LogP contribution is 2.28. The molecule has 29 heavy (non-hydrogen) atoms. The number of halogens is 4. The van der Waals surface area contributed by atoms with E-state index in [-0.39, 0.29) is 36.8 Å². The topological polar surface area (TPSA) is 67.6 Å². The summed E-state index contributed by atoms with van der Waals surface area (Å²) in [6, 6.07) is 12.4. The van der Waals surface area contributed by atoms with E-state index in [9.17, 15) is 4.79 Å². The smallest absolute Gasteiger partial charge is 0.253 e. The van der Waals surface area contributed by atoms with Crippen LogP contribution in [0.2, 0.25) is 10.0 Å². The van der Waals surface area contributed by atoms with E-state index < -0.39 is 0 Å². The second-order valence-corrected chi connectivity index (χ2v) is 7.39. The summed E-state index contributed by atoms with van der Waals surface area (Å²) in [4.78, 5) is 14.5. The van der Waals surface area contributed by atoms with Crippen LogP contribution >= 0.6 is 48.0 Å². The molecule has 1 aliphatic rings. The van der Waals surface area contributed by atoms with E-state index in [4.69, 9.17) is 33.7 Å². The zero-order chi connectivity index (χ0) is 19.2. The fourth-order valence-corrected chi connectivity index (χ4v) is 3.41. The van der Waals surface area contributed by atoms with Crippen LogP contribution in [0.15, 0.2) is 42.5 Å². The SMILES string of the molecule is Cl.Cl.Nc1ccccc1C(=O)NCCN1CCC(Oc2ccc(Cl)c(Cl)c2)CC1. The van der Waals surface area contributed by atoms with Gasteiger partial charge >= 0.3 is 0 Å². The highest BCUT2D eigenvalue weighted by molar-refractivity contribution is 6.42. The quantitative estimate of drug-likeness (QED) is 0.588. The lowest BCUT2D eigenvalue weighted by Crippen LogP contribution is -2.42. The molecule has 0 aliphatic carbocycles. The summed E-state index contributed by atoms with van der Waals surface area (Å²) in [6.45, 7) is 3.24. The van der Waals surface area contributed by atoms with E-state index in [1.165, 1.54) is 0 Å². The van der Waals surface area contributed by atoms with Crippen molar-refractivity contribution >= 4 is 59.6 Å². The number of para-hydroxylation sites is 1. The number of rotatable bonds is 6. The van der Waals surface area contributed by atoms with Crippen molar-refractivity contribution in [3.05, 3.63) is 58.1 Å². The maximum absolute atomic E-state index is 12.2. The normalized spacial score (nSPS) is 14.4. The lowest BCUT2D eigenvalue weighted by atomic mass is 10.1. The zero-order valence-electron chi connectivity index (χ0n) is 15.8. The molecule has 0 saturated carbocycles. The second-order valence-electron chi connectivity index (χ2n) is 6.58. The number of nitrogens with one attached hydrogen (secondary N) is 1. The van der Waals surface area contributed by atoms with Crippen LogP contribution in [0.25, 0.3) is 0 Å². The zero-order valence-corrected chi connectivity index (χ0v) is 18.9. The van der Waals surface area contributed by atoms with Gasteiger partial charge in [0.25, 0.3) is 5.91 Å². The number of nitrogen functional groups attached to an aromatic ring is 1. The maximum Gasteiger partial charge on any atom is 0.253 e. The van der Waals surface area contributed by atoms with Crippen molar-refractivity contribution < 1.29 is 9.53 Å². The number of likely N-dealkylation sites (tertiary alicyclic amines) is 1. The summed E-state index contributed by atoms with van der Waals surface area (Å²) in [6.07, 6.45) is 2.02. The molecule has 9 heteroatoms. The van der Waals surface area contributed by atoms with Crippen LogP contribution in [0.5, 0.6) is 5.75 Å². The molecule has 0 spiro atoms. The molecule has 3 rings (SSSR count). The number of carbonyl (C=O) groups is 1.